The molecule has 3 aliphatic rings. The van der Waals surface area contributed by atoms with Crippen LogP contribution in [0.1, 0.15) is 72.1 Å². The van der Waals surface area contributed by atoms with E-state index in [1.54, 1.807) is 12.1 Å². The fourth-order valence-corrected chi connectivity index (χ4v) is 5.62. The van der Waals surface area contributed by atoms with E-state index in [0.717, 1.165) is 35.9 Å². The molecule has 1 unspecified atom stereocenters. The van der Waals surface area contributed by atoms with Crippen LogP contribution in [0, 0.1) is 0 Å². The van der Waals surface area contributed by atoms with Crippen molar-refractivity contribution in [2.75, 3.05) is 43.4 Å². The van der Waals surface area contributed by atoms with Gasteiger partial charge < -0.3 is 10.2 Å². The third-order valence-corrected chi connectivity index (χ3v) is 7.92. The van der Waals surface area contributed by atoms with E-state index < -0.39 is 29.7 Å². The molecule has 0 bridgehead atoms. The Morgan fingerprint density at radius 1 is 0.949 bits per heavy atom. The molecular formula is C27H34BrN5O6. The van der Waals surface area contributed by atoms with E-state index in [0.29, 0.717) is 32.6 Å². The SMILES string of the molecule is O=C1CCC(N2C(=O)c3cccc(NC(=O)CN4CCN(C(=O)CCCCCCCBr)CC4)c3C2=O)C(=O)N1. The highest BCUT2D eigenvalue weighted by Crippen LogP contribution is 2.32. The van der Waals surface area contributed by atoms with Crippen LogP contribution >= 0.6 is 15.9 Å². The molecule has 11 nitrogen and oxygen atoms in total. The molecule has 210 valence electrons. The molecule has 1 atom stereocenters. The summed E-state index contributed by atoms with van der Waals surface area (Å²) in [6.45, 7) is 2.34. The molecule has 2 fully saturated rings. The second-order valence-electron chi connectivity index (χ2n) is 10.1. The number of rotatable bonds is 11. The zero-order valence-corrected chi connectivity index (χ0v) is 23.5. The first-order valence-corrected chi connectivity index (χ1v) is 14.6. The number of benzene rings is 1. The average molecular weight is 605 g/mol. The lowest BCUT2D eigenvalue weighted by atomic mass is 10.0. The molecule has 0 radical (unpaired) electrons. The van der Waals surface area contributed by atoms with Crippen LogP contribution in [0.15, 0.2) is 18.2 Å². The number of carbonyl (C=O) groups excluding carboxylic acids is 6. The lowest BCUT2D eigenvalue weighted by Gasteiger charge is -2.34. The van der Waals surface area contributed by atoms with Crippen molar-refractivity contribution in [1.82, 2.24) is 20.0 Å². The Morgan fingerprint density at radius 3 is 2.38 bits per heavy atom. The Balaban J connectivity index is 1.28. The van der Waals surface area contributed by atoms with Gasteiger partial charge in [-0.2, -0.15) is 0 Å². The molecular weight excluding hydrogens is 570 g/mol. The Hall–Kier alpha value is -3.12. The summed E-state index contributed by atoms with van der Waals surface area (Å²) in [5.74, 6) is -2.61. The minimum absolute atomic E-state index is 0.0316. The van der Waals surface area contributed by atoms with Crippen molar-refractivity contribution in [3.8, 4) is 0 Å². The second-order valence-corrected chi connectivity index (χ2v) is 10.9. The number of hydrogen-bond donors (Lipinski definition) is 2. The number of imide groups is 2. The van der Waals surface area contributed by atoms with Gasteiger partial charge >= 0.3 is 0 Å². The summed E-state index contributed by atoms with van der Waals surface area (Å²) in [6, 6.07) is 3.53. The number of anilines is 1. The maximum atomic E-state index is 13.2. The smallest absolute Gasteiger partial charge is 0.264 e. The highest BCUT2D eigenvalue weighted by Gasteiger charge is 2.45. The molecule has 4 rings (SSSR count). The molecule has 6 amide bonds. The third-order valence-electron chi connectivity index (χ3n) is 7.36. The van der Waals surface area contributed by atoms with Crippen LogP contribution in [0.2, 0.25) is 0 Å². The van der Waals surface area contributed by atoms with Gasteiger partial charge in [-0.25, -0.2) is 0 Å². The Labute approximate surface area is 235 Å². The predicted octanol–water partition coefficient (Wildman–Crippen LogP) is 1.91. The van der Waals surface area contributed by atoms with Gasteiger partial charge in [0.15, 0.2) is 0 Å². The Bertz CT molecular complexity index is 1150. The van der Waals surface area contributed by atoms with E-state index in [1.807, 2.05) is 9.80 Å². The van der Waals surface area contributed by atoms with Gasteiger partial charge in [0, 0.05) is 44.4 Å². The number of nitrogens with one attached hydrogen (secondary N) is 2. The fourth-order valence-electron chi connectivity index (χ4n) is 5.23. The monoisotopic (exact) mass is 603 g/mol. The molecule has 2 saturated heterocycles. The number of amides is 6. The summed E-state index contributed by atoms with van der Waals surface area (Å²) in [4.78, 5) is 80.0. The quantitative estimate of drug-likeness (QED) is 0.224. The van der Waals surface area contributed by atoms with Gasteiger partial charge in [0.2, 0.25) is 23.6 Å². The summed E-state index contributed by atoms with van der Waals surface area (Å²) in [6.07, 6.45) is 6.07. The standard InChI is InChI=1S/C27H34BrN5O6/c28-12-5-3-1-2-4-9-23(36)32-15-13-31(14-16-32)17-22(35)29-19-8-6-7-18-24(19)27(39)33(26(18)38)20-10-11-21(34)30-25(20)37/h6-8,20H,1-5,9-17H2,(H,29,35)(H,30,34,37). The lowest BCUT2D eigenvalue weighted by Crippen LogP contribution is -2.54. The van der Waals surface area contributed by atoms with Crippen molar-refractivity contribution in [2.45, 2.75) is 57.4 Å². The normalized spacial score (nSPS) is 19.8. The minimum atomic E-state index is -1.07. The second kappa shape index (κ2) is 13.3. The van der Waals surface area contributed by atoms with E-state index in [1.165, 1.54) is 12.5 Å². The van der Waals surface area contributed by atoms with Crippen molar-refractivity contribution < 1.29 is 28.8 Å². The molecule has 0 aliphatic carbocycles. The first-order valence-electron chi connectivity index (χ1n) is 13.5. The summed E-state index contributed by atoms with van der Waals surface area (Å²) >= 11 is 3.43. The van der Waals surface area contributed by atoms with Gasteiger partial charge in [0.05, 0.1) is 23.4 Å². The summed E-state index contributed by atoms with van der Waals surface area (Å²) in [5.41, 5.74) is 0.358. The van der Waals surface area contributed by atoms with Crippen LogP contribution in [0.4, 0.5) is 5.69 Å². The molecule has 0 aromatic heterocycles. The predicted molar refractivity (Wildman–Crippen MR) is 146 cm³/mol. The number of piperazine rings is 1. The van der Waals surface area contributed by atoms with Gasteiger partial charge in [-0.1, -0.05) is 41.3 Å². The van der Waals surface area contributed by atoms with Crippen molar-refractivity contribution >= 4 is 57.1 Å². The molecule has 3 aliphatic heterocycles. The molecule has 0 spiro atoms. The van der Waals surface area contributed by atoms with Crippen LogP contribution in [0.5, 0.6) is 0 Å². The summed E-state index contributed by atoms with van der Waals surface area (Å²) in [7, 11) is 0. The van der Waals surface area contributed by atoms with Gasteiger partial charge in [-0.05, 0) is 31.4 Å². The van der Waals surface area contributed by atoms with E-state index in [2.05, 4.69) is 26.6 Å². The van der Waals surface area contributed by atoms with Gasteiger partial charge in [0.1, 0.15) is 6.04 Å². The maximum Gasteiger partial charge on any atom is 0.264 e. The first-order chi connectivity index (χ1) is 18.8. The van der Waals surface area contributed by atoms with Crippen molar-refractivity contribution in [3.05, 3.63) is 29.3 Å². The zero-order chi connectivity index (χ0) is 27.9. The van der Waals surface area contributed by atoms with Gasteiger partial charge in [-0.15, -0.1) is 0 Å². The van der Waals surface area contributed by atoms with E-state index in [9.17, 15) is 28.8 Å². The van der Waals surface area contributed by atoms with Crippen molar-refractivity contribution in [1.29, 1.82) is 0 Å². The summed E-state index contributed by atoms with van der Waals surface area (Å²) in [5, 5.41) is 5.93. The highest BCUT2D eigenvalue weighted by molar-refractivity contribution is 9.09. The van der Waals surface area contributed by atoms with Crippen LogP contribution < -0.4 is 10.6 Å². The topological polar surface area (TPSA) is 136 Å². The molecule has 1 aromatic carbocycles. The number of carbonyl (C=O) groups is 6. The first kappa shape index (κ1) is 28.9. The lowest BCUT2D eigenvalue weighted by molar-refractivity contribution is -0.136. The van der Waals surface area contributed by atoms with Crippen LogP contribution in [-0.4, -0.2) is 94.2 Å². The average Bonchev–Trinajstić information content (AvgIpc) is 3.17. The minimum Gasteiger partial charge on any atom is -0.340 e. The number of halogens is 1. The number of hydrogen-bond acceptors (Lipinski definition) is 7. The van der Waals surface area contributed by atoms with E-state index in [-0.39, 0.29) is 48.0 Å². The van der Waals surface area contributed by atoms with Crippen LogP contribution in [0.3, 0.4) is 0 Å². The molecule has 12 heteroatoms. The Morgan fingerprint density at radius 2 is 1.67 bits per heavy atom. The van der Waals surface area contributed by atoms with Crippen molar-refractivity contribution in [2.24, 2.45) is 0 Å². The number of fused-ring (bicyclic) bond motifs is 1. The van der Waals surface area contributed by atoms with Crippen molar-refractivity contribution in [3.63, 3.8) is 0 Å². The molecule has 0 saturated carbocycles. The van der Waals surface area contributed by atoms with Gasteiger partial charge in [-0.3, -0.25) is 43.9 Å². The molecule has 39 heavy (non-hydrogen) atoms. The molecule has 1 aromatic rings. The zero-order valence-electron chi connectivity index (χ0n) is 21.9. The molecule has 3 heterocycles. The number of piperidine rings is 1. The van der Waals surface area contributed by atoms with E-state index >= 15 is 0 Å². The Kier molecular flexibility index (Phi) is 9.84. The van der Waals surface area contributed by atoms with Gasteiger partial charge in [0.25, 0.3) is 11.8 Å². The number of alkyl halides is 1. The fraction of sp³-hybridized carbons (Fsp3) is 0.556. The molecule has 2 N–H and O–H groups in total. The highest BCUT2D eigenvalue weighted by atomic mass is 79.9. The summed E-state index contributed by atoms with van der Waals surface area (Å²) < 4.78 is 0. The maximum absolute atomic E-state index is 13.2. The van der Waals surface area contributed by atoms with Crippen LogP contribution in [0.25, 0.3) is 0 Å². The largest absolute Gasteiger partial charge is 0.340 e. The number of nitrogens with zero attached hydrogens (tertiary/aromatic N) is 3. The third kappa shape index (κ3) is 6.91. The number of unbranched alkanes of at least 4 members (excludes halogenated alkanes) is 4. The van der Waals surface area contributed by atoms with E-state index in [4.69, 9.17) is 0 Å². The van der Waals surface area contributed by atoms with Crippen LogP contribution in [-0.2, 0) is 19.2 Å².